The molecule has 4 rings (SSSR count). The molecular weight excluding hydrogens is 385 g/mol. The lowest BCUT2D eigenvalue weighted by Crippen LogP contribution is -2.36. The molecule has 154 valence electrons. The lowest BCUT2D eigenvalue weighted by Gasteiger charge is -2.28. The molecule has 0 saturated carbocycles. The SMILES string of the molecule is CCOC(=O)c1nn(-c2ccc(C)cc2)c2c1CN(C(=O)c1ccc(F)cc1)CC2. The van der Waals surface area contributed by atoms with E-state index in [1.54, 1.807) is 16.5 Å². The van der Waals surface area contributed by atoms with Crippen LogP contribution in [0, 0.1) is 12.7 Å². The smallest absolute Gasteiger partial charge is 0.359 e. The van der Waals surface area contributed by atoms with Gasteiger partial charge in [0.15, 0.2) is 5.69 Å². The maximum absolute atomic E-state index is 13.2. The van der Waals surface area contributed by atoms with Gasteiger partial charge in [-0.2, -0.15) is 5.10 Å². The lowest BCUT2D eigenvalue weighted by atomic mass is 10.0. The highest BCUT2D eigenvalue weighted by atomic mass is 19.1. The van der Waals surface area contributed by atoms with Crippen LogP contribution in [0.5, 0.6) is 0 Å². The van der Waals surface area contributed by atoms with E-state index in [0.29, 0.717) is 24.1 Å². The summed E-state index contributed by atoms with van der Waals surface area (Å²) in [4.78, 5) is 27.1. The Morgan fingerprint density at radius 2 is 1.80 bits per heavy atom. The zero-order valence-electron chi connectivity index (χ0n) is 16.9. The van der Waals surface area contributed by atoms with Crippen LogP contribution in [0.2, 0.25) is 0 Å². The zero-order valence-corrected chi connectivity index (χ0v) is 16.9. The zero-order chi connectivity index (χ0) is 21.3. The summed E-state index contributed by atoms with van der Waals surface area (Å²) in [5, 5.41) is 4.54. The first kappa shape index (κ1) is 19.8. The van der Waals surface area contributed by atoms with Crippen molar-refractivity contribution in [1.29, 1.82) is 0 Å². The summed E-state index contributed by atoms with van der Waals surface area (Å²) >= 11 is 0. The Morgan fingerprint density at radius 3 is 2.47 bits per heavy atom. The van der Waals surface area contributed by atoms with Crippen LogP contribution in [0.1, 0.15) is 44.6 Å². The number of hydrogen-bond donors (Lipinski definition) is 0. The van der Waals surface area contributed by atoms with Gasteiger partial charge in [0.2, 0.25) is 0 Å². The average molecular weight is 407 g/mol. The summed E-state index contributed by atoms with van der Waals surface area (Å²) in [6.07, 6.45) is 0.544. The predicted octanol–water partition coefficient (Wildman–Crippen LogP) is 3.70. The third-order valence-electron chi connectivity index (χ3n) is 5.18. The normalized spacial score (nSPS) is 13.1. The monoisotopic (exact) mass is 407 g/mol. The summed E-state index contributed by atoms with van der Waals surface area (Å²) in [5.41, 5.74) is 4.19. The van der Waals surface area contributed by atoms with Gasteiger partial charge in [0.1, 0.15) is 5.82 Å². The molecule has 6 nitrogen and oxygen atoms in total. The van der Waals surface area contributed by atoms with E-state index in [9.17, 15) is 14.0 Å². The lowest BCUT2D eigenvalue weighted by molar-refractivity contribution is 0.0513. The second kappa shape index (κ2) is 8.10. The molecule has 30 heavy (non-hydrogen) atoms. The average Bonchev–Trinajstić information content (AvgIpc) is 3.13. The fourth-order valence-corrected chi connectivity index (χ4v) is 3.63. The van der Waals surface area contributed by atoms with Crippen LogP contribution >= 0.6 is 0 Å². The first-order valence-corrected chi connectivity index (χ1v) is 9.87. The number of carbonyl (C=O) groups is 2. The molecule has 0 saturated heterocycles. The second-order valence-corrected chi connectivity index (χ2v) is 7.23. The number of nitrogens with zero attached hydrogens (tertiary/aromatic N) is 3. The number of rotatable bonds is 4. The van der Waals surface area contributed by atoms with E-state index in [1.807, 2.05) is 31.2 Å². The number of aryl methyl sites for hydroxylation is 1. The Labute approximate surface area is 173 Å². The van der Waals surface area contributed by atoms with E-state index < -0.39 is 11.8 Å². The summed E-state index contributed by atoms with van der Waals surface area (Å²) in [5.74, 6) is -1.11. The molecule has 1 aliphatic heterocycles. The minimum atomic E-state index is -0.504. The number of fused-ring (bicyclic) bond motifs is 1. The number of benzene rings is 2. The molecule has 1 amide bonds. The summed E-state index contributed by atoms with van der Waals surface area (Å²) < 4.78 is 20.2. The van der Waals surface area contributed by atoms with E-state index in [2.05, 4.69) is 5.10 Å². The van der Waals surface area contributed by atoms with Crippen LogP contribution < -0.4 is 0 Å². The Kier molecular flexibility index (Phi) is 5.35. The van der Waals surface area contributed by atoms with Gasteiger partial charge in [-0.05, 0) is 50.2 Å². The number of ether oxygens (including phenoxy) is 1. The van der Waals surface area contributed by atoms with E-state index >= 15 is 0 Å². The van der Waals surface area contributed by atoms with E-state index in [-0.39, 0.29) is 24.8 Å². The number of esters is 1. The Hall–Kier alpha value is -3.48. The van der Waals surface area contributed by atoms with E-state index in [1.165, 1.54) is 24.3 Å². The molecule has 0 unspecified atom stereocenters. The van der Waals surface area contributed by atoms with Gasteiger partial charge >= 0.3 is 5.97 Å². The van der Waals surface area contributed by atoms with Crippen LogP contribution in [0.25, 0.3) is 5.69 Å². The van der Waals surface area contributed by atoms with Gasteiger partial charge in [0, 0.05) is 24.1 Å². The number of carbonyl (C=O) groups excluding carboxylic acids is 2. The topological polar surface area (TPSA) is 64.4 Å². The Balaban J connectivity index is 1.71. The standard InChI is InChI=1S/C23H22FN3O3/c1-3-30-23(29)21-19-14-26(22(28)16-6-8-17(24)9-7-16)13-12-20(19)27(25-21)18-10-4-15(2)5-11-18/h4-11H,3,12-14H2,1-2H3. The summed E-state index contributed by atoms with van der Waals surface area (Å²) in [6.45, 7) is 4.70. The van der Waals surface area contributed by atoms with Crippen LogP contribution in [0.3, 0.4) is 0 Å². The third-order valence-corrected chi connectivity index (χ3v) is 5.18. The maximum Gasteiger partial charge on any atom is 0.359 e. The largest absolute Gasteiger partial charge is 0.461 e. The molecule has 3 aromatic rings. The van der Waals surface area contributed by atoms with Gasteiger partial charge in [-0.3, -0.25) is 4.79 Å². The molecule has 0 fully saturated rings. The summed E-state index contributed by atoms with van der Waals surface area (Å²) in [6, 6.07) is 13.3. The maximum atomic E-state index is 13.2. The van der Waals surface area contributed by atoms with Crippen molar-refractivity contribution in [1.82, 2.24) is 14.7 Å². The molecule has 0 bridgehead atoms. The molecular formula is C23H22FN3O3. The highest BCUT2D eigenvalue weighted by molar-refractivity contribution is 5.95. The molecule has 0 atom stereocenters. The fourth-order valence-electron chi connectivity index (χ4n) is 3.63. The van der Waals surface area contributed by atoms with Crippen molar-refractivity contribution in [3.05, 3.63) is 82.4 Å². The van der Waals surface area contributed by atoms with Crippen LogP contribution in [-0.2, 0) is 17.7 Å². The number of hydrogen-bond acceptors (Lipinski definition) is 4. The van der Waals surface area contributed by atoms with Crippen molar-refractivity contribution in [3.8, 4) is 5.69 Å². The number of halogens is 1. The van der Waals surface area contributed by atoms with Crippen LogP contribution in [0.4, 0.5) is 4.39 Å². The Bertz CT molecular complexity index is 1090. The molecule has 2 aromatic carbocycles. The van der Waals surface area contributed by atoms with Crippen LogP contribution in [-0.4, -0.2) is 39.7 Å². The van der Waals surface area contributed by atoms with Crippen molar-refractivity contribution < 1.29 is 18.7 Å². The fraction of sp³-hybridized carbons (Fsp3) is 0.261. The van der Waals surface area contributed by atoms with Gasteiger partial charge in [-0.15, -0.1) is 0 Å². The molecule has 2 heterocycles. The highest BCUT2D eigenvalue weighted by Crippen LogP contribution is 2.27. The molecule has 1 aromatic heterocycles. The quantitative estimate of drug-likeness (QED) is 0.619. The van der Waals surface area contributed by atoms with E-state index in [4.69, 9.17) is 4.74 Å². The minimum Gasteiger partial charge on any atom is -0.461 e. The highest BCUT2D eigenvalue weighted by Gasteiger charge is 2.31. The van der Waals surface area contributed by atoms with E-state index in [0.717, 1.165) is 16.9 Å². The van der Waals surface area contributed by atoms with Gasteiger partial charge in [-0.25, -0.2) is 13.9 Å². The number of aromatic nitrogens is 2. The van der Waals surface area contributed by atoms with Crippen molar-refractivity contribution in [2.24, 2.45) is 0 Å². The van der Waals surface area contributed by atoms with Crippen molar-refractivity contribution >= 4 is 11.9 Å². The van der Waals surface area contributed by atoms with Crippen LogP contribution in [0.15, 0.2) is 48.5 Å². The first-order valence-electron chi connectivity index (χ1n) is 9.87. The molecule has 0 N–H and O–H groups in total. The second-order valence-electron chi connectivity index (χ2n) is 7.23. The molecule has 7 heteroatoms. The number of amides is 1. The molecule has 0 aliphatic carbocycles. The first-order chi connectivity index (χ1) is 14.5. The minimum absolute atomic E-state index is 0.210. The van der Waals surface area contributed by atoms with Gasteiger partial charge in [-0.1, -0.05) is 17.7 Å². The molecule has 0 radical (unpaired) electrons. The van der Waals surface area contributed by atoms with Gasteiger partial charge in [0.05, 0.1) is 24.5 Å². The van der Waals surface area contributed by atoms with Gasteiger partial charge in [0.25, 0.3) is 5.91 Å². The molecule has 0 spiro atoms. The Morgan fingerprint density at radius 1 is 1.10 bits per heavy atom. The molecule has 1 aliphatic rings. The summed E-state index contributed by atoms with van der Waals surface area (Å²) in [7, 11) is 0. The van der Waals surface area contributed by atoms with Gasteiger partial charge < -0.3 is 9.64 Å². The van der Waals surface area contributed by atoms with Crippen molar-refractivity contribution in [2.45, 2.75) is 26.8 Å². The van der Waals surface area contributed by atoms with Crippen molar-refractivity contribution in [3.63, 3.8) is 0 Å². The van der Waals surface area contributed by atoms with Crippen molar-refractivity contribution in [2.75, 3.05) is 13.2 Å². The predicted molar refractivity (Wildman–Crippen MR) is 109 cm³/mol. The third kappa shape index (κ3) is 3.70.